The number of aromatic hydroxyl groups is 1. The van der Waals surface area contributed by atoms with Gasteiger partial charge in [-0.1, -0.05) is 12.1 Å². The zero-order chi connectivity index (χ0) is 13.7. The van der Waals surface area contributed by atoms with Crippen LogP contribution >= 0.6 is 0 Å². The lowest BCUT2D eigenvalue weighted by Gasteiger charge is -2.04. The Kier molecular flexibility index (Phi) is 3.87. The topological polar surface area (TPSA) is 74.6 Å². The number of nitrogens with one attached hydrogen (secondary N) is 1. The van der Waals surface area contributed by atoms with E-state index >= 15 is 0 Å². The van der Waals surface area contributed by atoms with E-state index in [1.54, 1.807) is 43.6 Å². The summed E-state index contributed by atoms with van der Waals surface area (Å²) in [7, 11) is 0. The van der Waals surface area contributed by atoms with Crippen LogP contribution in [0.2, 0.25) is 0 Å². The van der Waals surface area contributed by atoms with E-state index in [4.69, 9.17) is 0 Å². The van der Waals surface area contributed by atoms with Crippen LogP contribution in [0.4, 0.5) is 0 Å². The predicted octanol–water partition coefficient (Wildman–Crippen LogP) is 1.94. The third-order valence-electron chi connectivity index (χ3n) is 2.57. The zero-order valence-electron chi connectivity index (χ0n) is 10.4. The first-order valence-electron chi connectivity index (χ1n) is 5.71. The Hall–Kier alpha value is -2.69. The molecule has 0 saturated heterocycles. The van der Waals surface area contributed by atoms with E-state index < -0.39 is 5.91 Å². The Morgan fingerprint density at radius 3 is 2.58 bits per heavy atom. The maximum absolute atomic E-state index is 11.8. The van der Waals surface area contributed by atoms with Crippen molar-refractivity contribution in [3.05, 3.63) is 59.9 Å². The zero-order valence-corrected chi connectivity index (χ0v) is 10.4. The van der Waals surface area contributed by atoms with Gasteiger partial charge >= 0.3 is 0 Å². The maximum atomic E-state index is 11.8. The van der Waals surface area contributed by atoms with E-state index in [1.807, 2.05) is 0 Å². The highest BCUT2D eigenvalue weighted by atomic mass is 16.3. The lowest BCUT2D eigenvalue weighted by molar-refractivity contribution is 0.0952. The van der Waals surface area contributed by atoms with Crippen molar-refractivity contribution in [2.75, 3.05) is 0 Å². The first kappa shape index (κ1) is 12.8. The Morgan fingerprint density at radius 1 is 1.21 bits per heavy atom. The number of pyridine rings is 1. The van der Waals surface area contributed by atoms with Crippen LogP contribution in [0.3, 0.4) is 0 Å². The second-order valence-electron chi connectivity index (χ2n) is 3.89. The molecule has 0 spiro atoms. The van der Waals surface area contributed by atoms with E-state index in [-0.39, 0.29) is 11.3 Å². The molecule has 0 aliphatic heterocycles. The van der Waals surface area contributed by atoms with E-state index in [0.717, 1.165) is 5.56 Å². The number of amides is 1. The molecule has 1 aromatic heterocycles. The van der Waals surface area contributed by atoms with Gasteiger partial charge in [-0.2, -0.15) is 5.10 Å². The Bertz CT molecular complexity index is 609. The lowest BCUT2D eigenvalue weighted by atomic mass is 10.2. The molecule has 0 atom stereocenters. The van der Waals surface area contributed by atoms with Crippen LogP contribution in [0.1, 0.15) is 22.8 Å². The van der Waals surface area contributed by atoms with Crippen molar-refractivity contribution in [2.45, 2.75) is 6.92 Å². The van der Waals surface area contributed by atoms with Gasteiger partial charge in [-0.15, -0.1) is 0 Å². The van der Waals surface area contributed by atoms with Crippen molar-refractivity contribution < 1.29 is 9.90 Å². The molecule has 0 aliphatic carbocycles. The molecule has 1 amide bonds. The van der Waals surface area contributed by atoms with Gasteiger partial charge in [0.1, 0.15) is 5.75 Å². The molecule has 0 fully saturated rings. The summed E-state index contributed by atoms with van der Waals surface area (Å²) in [6.07, 6.45) is 3.30. The van der Waals surface area contributed by atoms with Gasteiger partial charge in [0.15, 0.2) is 0 Å². The molecule has 0 radical (unpaired) electrons. The van der Waals surface area contributed by atoms with E-state index in [9.17, 15) is 9.90 Å². The molecule has 1 heterocycles. The lowest BCUT2D eigenvalue weighted by Crippen LogP contribution is -2.19. The van der Waals surface area contributed by atoms with Crippen LogP contribution in [0.25, 0.3) is 0 Å². The fraction of sp³-hybridized carbons (Fsp3) is 0.0714. The first-order valence-corrected chi connectivity index (χ1v) is 5.71. The normalized spacial score (nSPS) is 11.1. The quantitative estimate of drug-likeness (QED) is 0.650. The van der Waals surface area contributed by atoms with Crippen molar-refractivity contribution in [1.82, 2.24) is 10.4 Å². The third-order valence-corrected chi connectivity index (χ3v) is 2.57. The highest BCUT2D eigenvalue weighted by Crippen LogP contribution is 2.14. The van der Waals surface area contributed by atoms with E-state index in [1.165, 1.54) is 12.1 Å². The largest absolute Gasteiger partial charge is 0.507 e. The third kappa shape index (κ3) is 3.16. The summed E-state index contributed by atoms with van der Waals surface area (Å²) in [6.45, 7) is 1.78. The van der Waals surface area contributed by atoms with Crippen LogP contribution in [-0.4, -0.2) is 21.7 Å². The highest BCUT2D eigenvalue weighted by Gasteiger charge is 2.09. The molecule has 0 unspecified atom stereocenters. The fourth-order valence-corrected chi connectivity index (χ4v) is 1.52. The molecule has 0 aliphatic rings. The van der Waals surface area contributed by atoms with Crippen LogP contribution < -0.4 is 5.43 Å². The minimum Gasteiger partial charge on any atom is -0.507 e. The summed E-state index contributed by atoms with van der Waals surface area (Å²) < 4.78 is 0. The summed E-state index contributed by atoms with van der Waals surface area (Å²) in [5.41, 5.74) is 4.12. The number of phenols is 1. The first-order chi connectivity index (χ1) is 9.18. The SMILES string of the molecule is C/C(=N/NC(=O)c1ccccc1O)c1ccncc1. The second kappa shape index (κ2) is 5.77. The number of carbonyl (C=O) groups excluding carboxylic acids is 1. The second-order valence-corrected chi connectivity index (χ2v) is 3.89. The van der Waals surface area contributed by atoms with E-state index in [0.29, 0.717) is 5.71 Å². The number of hydrogen-bond donors (Lipinski definition) is 2. The molecule has 0 bridgehead atoms. The Morgan fingerprint density at radius 2 is 1.89 bits per heavy atom. The van der Waals surface area contributed by atoms with Gasteiger partial charge in [0, 0.05) is 18.0 Å². The van der Waals surface area contributed by atoms with Crippen molar-refractivity contribution in [1.29, 1.82) is 0 Å². The van der Waals surface area contributed by atoms with Crippen LogP contribution in [0.5, 0.6) is 5.75 Å². The average molecular weight is 255 g/mol. The minimum atomic E-state index is -0.452. The smallest absolute Gasteiger partial charge is 0.275 e. The average Bonchev–Trinajstić information content (AvgIpc) is 2.46. The molecule has 2 aromatic rings. The number of carbonyl (C=O) groups is 1. The summed E-state index contributed by atoms with van der Waals surface area (Å²) >= 11 is 0. The van der Waals surface area contributed by atoms with Gasteiger partial charge in [-0.25, -0.2) is 5.43 Å². The number of aromatic nitrogens is 1. The van der Waals surface area contributed by atoms with Crippen molar-refractivity contribution in [3.63, 3.8) is 0 Å². The highest BCUT2D eigenvalue weighted by molar-refractivity contribution is 6.01. The van der Waals surface area contributed by atoms with Gasteiger partial charge in [0.25, 0.3) is 5.91 Å². The standard InChI is InChI=1S/C14H13N3O2/c1-10(11-6-8-15-9-7-11)16-17-14(19)12-4-2-3-5-13(12)18/h2-9,18H,1H3,(H,17,19)/b16-10-. The van der Waals surface area contributed by atoms with Crippen LogP contribution in [-0.2, 0) is 0 Å². The molecular weight excluding hydrogens is 242 g/mol. The monoisotopic (exact) mass is 255 g/mol. The predicted molar refractivity (Wildman–Crippen MR) is 72.0 cm³/mol. The van der Waals surface area contributed by atoms with Gasteiger partial charge in [0.2, 0.25) is 0 Å². The van der Waals surface area contributed by atoms with Crippen LogP contribution in [0.15, 0.2) is 53.9 Å². The molecule has 19 heavy (non-hydrogen) atoms. The molecule has 1 aromatic carbocycles. The number of nitrogens with zero attached hydrogens (tertiary/aromatic N) is 2. The maximum Gasteiger partial charge on any atom is 0.275 e. The summed E-state index contributed by atoms with van der Waals surface area (Å²) in [5.74, 6) is -0.525. The minimum absolute atomic E-state index is 0.0724. The number of benzene rings is 1. The molecule has 2 rings (SSSR count). The molecule has 0 saturated carbocycles. The Labute approximate surface area is 110 Å². The molecule has 2 N–H and O–H groups in total. The molecule has 5 heteroatoms. The van der Waals surface area contributed by atoms with E-state index in [2.05, 4.69) is 15.5 Å². The van der Waals surface area contributed by atoms with Crippen molar-refractivity contribution in [3.8, 4) is 5.75 Å². The van der Waals surface area contributed by atoms with Crippen LogP contribution in [0, 0.1) is 0 Å². The number of para-hydroxylation sites is 1. The summed E-state index contributed by atoms with van der Waals surface area (Å²) in [4.78, 5) is 15.7. The fourth-order valence-electron chi connectivity index (χ4n) is 1.52. The summed E-state index contributed by atoms with van der Waals surface area (Å²) in [5, 5.41) is 13.5. The molecule has 5 nitrogen and oxygen atoms in total. The number of hydrogen-bond acceptors (Lipinski definition) is 4. The Balaban J connectivity index is 2.11. The number of rotatable bonds is 3. The molecular formula is C14H13N3O2. The van der Waals surface area contributed by atoms with Gasteiger partial charge in [-0.3, -0.25) is 9.78 Å². The van der Waals surface area contributed by atoms with Crippen molar-refractivity contribution in [2.24, 2.45) is 5.10 Å². The summed E-state index contributed by atoms with van der Waals surface area (Å²) in [6, 6.07) is 9.90. The number of phenolic OH excluding ortho intramolecular Hbond substituents is 1. The molecule has 96 valence electrons. The van der Waals surface area contributed by atoms with Gasteiger partial charge in [-0.05, 0) is 31.2 Å². The van der Waals surface area contributed by atoms with Gasteiger partial charge < -0.3 is 5.11 Å². The van der Waals surface area contributed by atoms with Crippen molar-refractivity contribution >= 4 is 11.6 Å². The van der Waals surface area contributed by atoms with Gasteiger partial charge in [0.05, 0.1) is 11.3 Å². The number of hydrazone groups is 1.